The fourth-order valence-electron chi connectivity index (χ4n) is 3.16. The molecule has 0 fully saturated rings. The van der Waals surface area contributed by atoms with E-state index >= 15 is 0 Å². The molecular formula is C25H20Cl2N4O2. The topological polar surface area (TPSA) is 68.5 Å². The number of hydrogen-bond acceptors (Lipinski definition) is 4. The molecule has 3 aromatic carbocycles. The van der Waals surface area contributed by atoms with Crippen LogP contribution in [0.15, 0.2) is 84.1 Å². The van der Waals surface area contributed by atoms with E-state index in [1.165, 1.54) is 0 Å². The van der Waals surface area contributed by atoms with Crippen molar-refractivity contribution in [1.29, 1.82) is 0 Å². The molecular weight excluding hydrogens is 459 g/mol. The number of rotatable bonds is 7. The van der Waals surface area contributed by atoms with E-state index in [4.69, 9.17) is 33.0 Å². The number of nitrogens with one attached hydrogen (secondary N) is 1. The largest absolute Gasteiger partial charge is 0.482 e. The number of hydrazone groups is 1. The van der Waals surface area contributed by atoms with Crippen molar-refractivity contribution in [3.05, 3.63) is 100 Å². The maximum atomic E-state index is 12.2. The summed E-state index contributed by atoms with van der Waals surface area (Å²) in [5.41, 5.74) is 6.97. The molecule has 166 valence electrons. The summed E-state index contributed by atoms with van der Waals surface area (Å²) in [5, 5.41) is 9.45. The maximum absolute atomic E-state index is 12.2. The third-order valence-electron chi connectivity index (χ3n) is 4.72. The minimum Gasteiger partial charge on any atom is -0.482 e. The standard InChI is InChI=1S/C25H20Cl2N4O2/c1-17-7-5-8-18(13-17)25-19(15-31(30-25)20-9-3-2-4-10-20)14-28-29-23(32)16-33-22-12-6-11-21(26)24(22)27/h2-15H,16H2,1H3,(H,29,32)/b28-14-. The Bertz CT molecular complexity index is 1300. The number of carbonyl (C=O) groups is 1. The van der Waals surface area contributed by atoms with E-state index in [0.717, 1.165) is 28.1 Å². The highest BCUT2D eigenvalue weighted by molar-refractivity contribution is 6.42. The molecule has 4 aromatic rings. The highest BCUT2D eigenvalue weighted by Crippen LogP contribution is 2.31. The molecule has 4 rings (SSSR count). The Labute approximate surface area is 201 Å². The van der Waals surface area contributed by atoms with Crippen molar-refractivity contribution >= 4 is 35.3 Å². The van der Waals surface area contributed by atoms with Gasteiger partial charge in [-0.25, -0.2) is 10.1 Å². The zero-order chi connectivity index (χ0) is 23.2. The van der Waals surface area contributed by atoms with E-state index in [2.05, 4.69) is 16.6 Å². The molecule has 0 unspecified atom stereocenters. The summed E-state index contributed by atoms with van der Waals surface area (Å²) in [4.78, 5) is 12.2. The first kappa shape index (κ1) is 22.6. The van der Waals surface area contributed by atoms with Crippen LogP contribution in [0, 0.1) is 6.92 Å². The molecule has 8 heteroatoms. The molecule has 1 N–H and O–H groups in total. The lowest BCUT2D eigenvalue weighted by molar-refractivity contribution is -0.123. The Morgan fingerprint density at radius 2 is 1.88 bits per heavy atom. The fourth-order valence-corrected chi connectivity index (χ4v) is 3.50. The molecule has 0 bridgehead atoms. The number of amides is 1. The Hall–Kier alpha value is -3.61. The van der Waals surface area contributed by atoms with Crippen molar-refractivity contribution in [3.63, 3.8) is 0 Å². The van der Waals surface area contributed by atoms with E-state index < -0.39 is 5.91 Å². The molecule has 0 radical (unpaired) electrons. The van der Waals surface area contributed by atoms with Crippen molar-refractivity contribution in [1.82, 2.24) is 15.2 Å². The predicted octanol–water partition coefficient (Wildman–Crippen LogP) is 5.68. The monoisotopic (exact) mass is 478 g/mol. The SMILES string of the molecule is Cc1cccc(-c2nn(-c3ccccc3)cc2/C=N\NC(=O)COc2cccc(Cl)c2Cl)c1. The van der Waals surface area contributed by atoms with E-state index in [9.17, 15) is 4.79 Å². The summed E-state index contributed by atoms with van der Waals surface area (Å²) in [6, 6.07) is 22.8. The van der Waals surface area contributed by atoms with E-state index in [-0.39, 0.29) is 11.6 Å². The lowest BCUT2D eigenvalue weighted by atomic mass is 10.1. The average Bonchev–Trinajstić information content (AvgIpc) is 3.25. The summed E-state index contributed by atoms with van der Waals surface area (Å²) in [7, 11) is 0. The van der Waals surface area contributed by atoms with Gasteiger partial charge in [0.2, 0.25) is 0 Å². The van der Waals surface area contributed by atoms with Gasteiger partial charge in [0.05, 0.1) is 16.9 Å². The molecule has 0 saturated heterocycles. The van der Waals surface area contributed by atoms with Gasteiger partial charge in [-0.05, 0) is 37.3 Å². The van der Waals surface area contributed by atoms with Gasteiger partial charge in [-0.15, -0.1) is 0 Å². The molecule has 1 amide bonds. The van der Waals surface area contributed by atoms with Gasteiger partial charge in [0.15, 0.2) is 6.61 Å². The van der Waals surface area contributed by atoms with E-state index in [0.29, 0.717) is 10.8 Å². The minimum absolute atomic E-state index is 0.256. The van der Waals surface area contributed by atoms with Crippen LogP contribution in [-0.4, -0.2) is 28.5 Å². The molecule has 1 aromatic heterocycles. The van der Waals surface area contributed by atoms with Crippen LogP contribution >= 0.6 is 23.2 Å². The van der Waals surface area contributed by atoms with Crippen molar-refractivity contribution in [3.8, 4) is 22.7 Å². The number of nitrogens with zero attached hydrogens (tertiary/aromatic N) is 3. The van der Waals surface area contributed by atoms with Crippen molar-refractivity contribution < 1.29 is 9.53 Å². The summed E-state index contributed by atoms with van der Waals surface area (Å²) >= 11 is 12.0. The van der Waals surface area contributed by atoms with Crippen LogP contribution < -0.4 is 10.2 Å². The third-order valence-corrected chi connectivity index (χ3v) is 5.52. The normalized spacial score (nSPS) is 11.0. The van der Waals surface area contributed by atoms with Crippen LogP contribution in [0.2, 0.25) is 10.0 Å². The van der Waals surface area contributed by atoms with Crippen LogP contribution in [0.5, 0.6) is 5.75 Å². The molecule has 0 aliphatic heterocycles. The smallest absolute Gasteiger partial charge is 0.277 e. The Morgan fingerprint density at radius 3 is 2.67 bits per heavy atom. The first-order chi connectivity index (χ1) is 16.0. The maximum Gasteiger partial charge on any atom is 0.277 e. The van der Waals surface area contributed by atoms with Gasteiger partial charge in [-0.2, -0.15) is 10.2 Å². The average molecular weight is 479 g/mol. The number of ether oxygens (including phenoxy) is 1. The van der Waals surface area contributed by atoms with Gasteiger partial charge in [-0.3, -0.25) is 4.79 Å². The molecule has 0 saturated carbocycles. The second-order valence-corrected chi connectivity index (χ2v) is 8.00. The van der Waals surface area contributed by atoms with Crippen molar-refractivity contribution in [2.45, 2.75) is 6.92 Å². The number of halogens is 2. The van der Waals surface area contributed by atoms with Crippen molar-refractivity contribution in [2.24, 2.45) is 5.10 Å². The number of carbonyl (C=O) groups excluding carboxylic acids is 1. The molecule has 0 atom stereocenters. The Morgan fingerprint density at radius 1 is 1.09 bits per heavy atom. The molecule has 0 aliphatic carbocycles. The van der Waals surface area contributed by atoms with Crippen LogP contribution in [0.4, 0.5) is 0 Å². The van der Waals surface area contributed by atoms with E-state index in [1.807, 2.05) is 61.7 Å². The second-order valence-electron chi connectivity index (χ2n) is 7.22. The lowest BCUT2D eigenvalue weighted by Gasteiger charge is -2.07. The second kappa shape index (κ2) is 10.3. The number of benzene rings is 3. The number of para-hydroxylation sites is 1. The van der Waals surface area contributed by atoms with Crippen molar-refractivity contribution in [2.75, 3.05) is 6.61 Å². The van der Waals surface area contributed by atoms with Crippen LogP contribution in [-0.2, 0) is 4.79 Å². The van der Waals surface area contributed by atoms with Gasteiger partial charge >= 0.3 is 0 Å². The van der Waals surface area contributed by atoms with Gasteiger partial charge in [0.25, 0.3) is 5.91 Å². The summed E-state index contributed by atoms with van der Waals surface area (Å²) in [6.07, 6.45) is 3.43. The van der Waals surface area contributed by atoms with Crippen LogP contribution in [0.1, 0.15) is 11.1 Å². The molecule has 0 spiro atoms. The number of aryl methyl sites for hydroxylation is 1. The quantitative estimate of drug-likeness (QED) is 0.274. The van der Waals surface area contributed by atoms with Crippen LogP contribution in [0.25, 0.3) is 16.9 Å². The summed E-state index contributed by atoms with van der Waals surface area (Å²) < 4.78 is 7.21. The van der Waals surface area contributed by atoms with Crippen LogP contribution in [0.3, 0.4) is 0 Å². The first-order valence-electron chi connectivity index (χ1n) is 10.1. The zero-order valence-corrected chi connectivity index (χ0v) is 19.2. The van der Waals surface area contributed by atoms with Gasteiger partial charge in [0.1, 0.15) is 16.5 Å². The first-order valence-corrected chi connectivity index (χ1v) is 10.9. The Balaban J connectivity index is 1.51. The van der Waals surface area contributed by atoms with E-state index in [1.54, 1.807) is 29.1 Å². The van der Waals surface area contributed by atoms with Gasteiger partial charge in [0, 0.05) is 17.3 Å². The summed E-state index contributed by atoms with van der Waals surface area (Å²) in [6.45, 7) is 1.77. The molecule has 33 heavy (non-hydrogen) atoms. The molecule has 1 heterocycles. The predicted molar refractivity (Wildman–Crippen MR) is 131 cm³/mol. The zero-order valence-electron chi connectivity index (χ0n) is 17.7. The Kier molecular flexibility index (Phi) is 7.07. The fraction of sp³-hybridized carbons (Fsp3) is 0.0800. The molecule has 6 nitrogen and oxygen atoms in total. The highest BCUT2D eigenvalue weighted by atomic mass is 35.5. The lowest BCUT2D eigenvalue weighted by Crippen LogP contribution is -2.24. The third kappa shape index (κ3) is 5.61. The minimum atomic E-state index is -0.435. The number of hydrogen-bond donors (Lipinski definition) is 1. The van der Waals surface area contributed by atoms with Gasteiger partial charge in [-0.1, -0.05) is 71.2 Å². The number of aromatic nitrogens is 2. The molecule has 0 aliphatic rings. The highest BCUT2D eigenvalue weighted by Gasteiger charge is 2.12. The van der Waals surface area contributed by atoms with Gasteiger partial charge < -0.3 is 4.74 Å². The summed E-state index contributed by atoms with van der Waals surface area (Å²) in [5.74, 6) is -0.107.